The van der Waals surface area contributed by atoms with Crippen LogP contribution in [0.2, 0.25) is 0 Å². The number of hydrogen-bond acceptors (Lipinski definition) is 4. The number of pyridine rings is 1. The first kappa shape index (κ1) is 20.5. The molecule has 0 aliphatic heterocycles. The molecule has 0 aliphatic carbocycles. The highest BCUT2D eigenvalue weighted by molar-refractivity contribution is 5.93. The molecule has 2 heterocycles. The van der Waals surface area contributed by atoms with E-state index in [0.29, 0.717) is 17.0 Å². The zero-order chi connectivity index (χ0) is 21.2. The Hall–Kier alpha value is -3.20. The van der Waals surface area contributed by atoms with Crippen LogP contribution in [0.15, 0.2) is 42.5 Å². The van der Waals surface area contributed by atoms with Crippen molar-refractivity contribution < 1.29 is 23.1 Å². The Morgan fingerprint density at radius 2 is 1.97 bits per heavy atom. The smallest absolute Gasteiger partial charge is 0.389 e. The van der Waals surface area contributed by atoms with Crippen molar-refractivity contribution in [3.63, 3.8) is 0 Å². The standard InChI is InChI=1S/C20H19F3N4O2/c1-11-14(12(2)28)8-7-13(25-11)10-24-19(29)18-9-17(26-27-18)15-5-3-4-6-16(15)20(21,22)23/h3-9,12,28H,10H2,1-2H3,(H,24,29)(H,26,27). The number of amides is 1. The van der Waals surface area contributed by atoms with Gasteiger partial charge in [0.15, 0.2) is 0 Å². The molecule has 0 saturated carbocycles. The van der Waals surface area contributed by atoms with E-state index in [1.807, 2.05) is 0 Å². The number of nitrogens with one attached hydrogen (secondary N) is 2. The Morgan fingerprint density at radius 1 is 1.24 bits per heavy atom. The molecule has 0 aliphatic rings. The van der Waals surface area contributed by atoms with Gasteiger partial charge in [0, 0.05) is 16.8 Å². The number of carbonyl (C=O) groups excluding carboxylic acids is 1. The lowest BCUT2D eigenvalue weighted by molar-refractivity contribution is -0.137. The molecular weight excluding hydrogens is 385 g/mol. The number of aliphatic hydroxyl groups is 1. The molecule has 9 heteroatoms. The number of halogens is 3. The highest BCUT2D eigenvalue weighted by atomic mass is 19.4. The molecule has 2 aromatic heterocycles. The number of benzene rings is 1. The third kappa shape index (κ3) is 4.62. The maximum Gasteiger partial charge on any atom is 0.417 e. The molecule has 29 heavy (non-hydrogen) atoms. The Kier molecular flexibility index (Phi) is 5.69. The van der Waals surface area contributed by atoms with Crippen molar-refractivity contribution in [1.82, 2.24) is 20.5 Å². The molecule has 0 spiro atoms. The molecule has 152 valence electrons. The quantitative estimate of drug-likeness (QED) is 0.604. The van der Waals surface area contributed by atoms with Crippen LogP contribution >= 0.6 is 0 Å². The van der Waals surface area contributed by atoms with Crippen LogP contribution in [0.25, 0.3) is 11.3 Å². The molecule has 3 aromatic rings. The van der Waals surface area contributed by atoms with Gasteiger partial charge in [-0.3, -0.25) is 14.9 Å². The van der Waals surface area contributed by atoms with Gasteiger partial charge in [-0.15, -0.1) is 0 Å². The van der Waals surface area contributed by atoms with Crippen LogP contribution in [0, 0.1) is 6.92 Å². The largest absolute Gasteiger partial charge is 0.417 e. The van der Waals surface area contributed by atoms with Crippen molar-refractivity contribution in [3.8, 4) is 11.3 Å². The number of rotatable bonds is 5. The summed E-state index contributed by atoms with van der Waals surface area (Å²) >= 11 is 0. The van der Waals surface area contributed by atoms with Crippen LogP contribution in [0.1, 0.15) is 46.0 Å². The van der Waals surface area contributed by atoms with Crippen molar-refractivity contribution in [2.75, 3.05) is 0 Å². The monoisotopic (exact) mass is 404 g/mol. The molecule has 0 saturated heterocycles. The minimum Gasteiger partial charge on any atom is -0.389 e. The van der Waals surface area contributed by atoms with Gasteiger partial charge in [-0.25, -0.2) is 0 Å². The Balaban J connectivity index is 1.73. The lowest BCUT2D eigenvalue weighted by atomic mass is 10.0. The van der Waals surface area contributed by atoms with Gasteiger partial charge in [-0.2, -0.15) is 18.3 Å². The number of H-pyrrole nitrogens is 1. The van der Waals surface area contributed by atoms with E-state index in [0.717, 1.165) is 6.07 Å². The molecule has 0 fully saturated rings. The second-order valence-electron chi connectivity index (χ2n) is 6.55. The summed E-state index contributed by atoms with van der Waals surface area (Å²) in [6.45, 7) is 3.51. The van der Waals surface area contributed by atoms with E-state index in [1.165, 1.54) is 24.3 Å². The predicted octanol–water partition coefficient (Wildman–Crippen LogP) is 3.78. The Morgan fingerprint density at radius 3 is 2.62 bits per heavy atom. The number of aromatic nitrogens is 3. The normalized spacial score (nSPS) is 12.6. The summed E-state index contributed by atoms with van der Waals surface area (Å²) in [5, 5.41) is 18.6. The Labute approximate surface area is 164 Å². The molecule has 3 rings (SSSR count). The van der Waals surface area contributed by atoms with Crippen LogP contribution in [0.3, 0.4) is 0 Å². The number of aromatic amines is 1. The molecule has 0 bridgehead atoms. The summed E-state index contributed by atoms with van der Waals surface area (Å²) in [5.41, 5.74) is 1.06. The molecule has 1 unspecified atom stereocenters. The van der Waals surface area contributed by atoms with Gasteiger partial charge < -0.3 is 10.4 Å². The SMILES string of the molecule is Cc1nc(CNC(=O)c2cc(-c3ccccc3C(F)(F)F)n[nH]2)ccc1C(C)O. The third-order valence-electron chi connectivity index (χ3n) is 4.40. The van der Waals surface area contributed by atoms with E-state index >= 15 is 0 Å². The lowest BCUT2D eigenvalue weighted by Crippen LogP contribution is -2.23. The third-order valence-corrected chi connectivity index (χ3v) is 4.40. The van der Waals surface area contributed by atoms with Crippen molar-refractivity contribution in [1.29, 1.82) is 0 Å². The first-order valence-electron chi connectivity index (χ1n) is 8.81. The summed E-state index contributed by atoms with van der Waals surface area (Å²) in [7, 11) is 0. The van der Waals surface area contributed by atoms with Gasteiger partial charge in [-0.1, -0.05) is 24.3 Å². The van der Waals surface area contributed by atoms with E-state index in [-0.39, 0.29) is 23.5 Å². The van der Waals surface area contributed by atoms with Crippen molar-refractivity contribution >= 4 is 5.91 Å². The first-order chi connectivity index (χ1) is 13.7. The van der Waals surface area contributed by atoms with E-state index in [4.69, 9.17) is 0 Å². The number of nitrogens with zero attached hydrogens (tertiary/aromatic N) is 2. The van der Waals surface area contributed by atoms with Crippen LogP contribution in [0.4, 0.5) is 13.2 Å². The van der Waals surface area contributed by atoms with Crippen molar-refractivity contribution in [3.05, 3.63) is 70.7 Å². The van der Waals surface area contributed by atoms with Gasteiger partial charge in [0.25, 0.3) is 5.91 Å². The molecular formula is C20H19F3N4O2. The summed E-state index contributed by atoms with van der Waals surface area (Å²) in [6, 6.07) is 9.74. The number of carbonyl (C=O) groups is 1. The maximum atomic E-state index is 13.2. The highest BCUT2D eigenvalue weighted by Crippen LogP contribution is 2.36. The van der Waals surface area contributed by atoms with E-state index in [2.05, 4.69) is 20.5 Å². The van der Waals surface area contributed by atoms with Gasteiger partial charge >= 0.3 is 6.18 Å². The lowest BCUT2D eigenvalue weighted by Gasteiger charge is -2.10. The fraction of sp³-hybridized carbons (Fsp3) is 0.250. The minimum atomic E-state index is -4.53. The zero-order valence-corrected chi connectivity index (χ0v) is 15.7. The minimum absolute atomic E-state index is 0.0262. The van der Waals surface area contributed by atoms with Crippen LogP contribution in [0.5, 0.6) is 0 Å². The fourth-order valence-electron chi connectivity index (χ4n) is 2.96. The van der Waals surface area contributed by atoms with Gasteiger partial charge in [0.2, 0.25) is 0 Å². The van der Waals surface area contributed by atoms with Gasteiger partial charge in [-0.05, 0) is 32.0 Å². The summed E-state index contributed by atoms with van der Waals surface area (Å²) in [4.78, 5) is 16.7. The van der Waals surface area contributed by atoms with E-state index in [9.17, 15) is 23.1 Å². The second kappa shape index (κ2) is 8.04. The summed E-state index contributed by atoms with van der Waals surface area (Å²) in [6.07, 6.45) is -5.17. The maximum absolute atomic E-state index is 13.2. The number of alkyl halides is 3. The van der Waals surface area contributed by atoms with Crippen LogP contribution in [-0.4, -0.2) is 26.2 Å². The van der Waals surface area contributed by atoms with Gasteiger partial charge in [0.05, 0.1) is 29.6 Å². The molecule has 1 amide bonds. The fourth-order valence-corrected chi connectivity index (χ4v) is 2.96. The van der Waals surface area contributed by atoms with E-state index < -0.39 is 23.8 Å². The first-order valence-corrected chi connectivity index (χ1v) is 8.81. The number of aliphatic hydroxyl groups excluding tert-OH is 1. The molecule has 3 N–H and O–H groups in total. The zero-order valence-electron chi connectivity index (χ0n) is 15.7. The van der Waals surface area contributed by atoms with Crippen molar-refractivity contribution in [2.24, 2.45) is 0 Å². The van der Waals surface area contributed by atoms with Crippen LogP contribution < -0.4 is 5.32 Å². The molecule has 1 atom stereocenters. The molecule has 1 aromatic carbocycles. The van der Waals surface area contributed by atoms with Crippen LogP contribution in [-0.2, 0) is 12.7 Å². The Bertz CT molecular complexity index is 1030. The average molecular weight is 404 g/mol. The molecule has 0 radical (unpaired) electrons. The number of hydrogen-bond donors (Lipinski definition) is 3. The summed E-state index contributed by atoms with van der Waals surface area (Å²) in [5.74, 6) is -0.521. The van der Waals surface area contributed by atoms with Gasteiger partial charge in [0.1, 0.15) is 5.69 Å². The van der Waals surface area contributed by atoms with E-state index in [1.54, 1.807) is 26.0 Å². The second-order valence-corrected chi connectivity index (χ2v) is 6.55. The number of aryl methyl sites for hydroxylation is 1. The van der Waals surface area contributed by atoms with Crippen molar-refractivity contribution in [2.45, 2.75) is 32.7 Å². The topological polar surface area (TPSA) is 90.9 Å². The molecule has 6 nitrogen and oxygen atoms in total. The highest BCUT2D eigenvalue weighted by Gasteiger charge is 2.34. The average Bonchev–Trinajstić information content (AvgIpc) is 3.15. The predicted molar refractivity (Wildman–Crippen MR) is 99.8 cm³/mol. The summed E-state index contributed by atoms with van der Waals surface area (Å²) < 4.78 is 39.5.